The molecule has 1 aromatic carbocycles. The van der Waals surface area contributed by atoms with Crippen LogP contribution in [0.15, 0.2) is 18.2 Å². The molecule has 1 aliphatic heterocycles. The Bertz CT molecular complexity index is 445. The molecule has 4 heteroatoms. The monoisotopic (exact) mass is 263 g/mol. The van der Waals surface area contributed by atoms with Gasteiger partial charge >= 0.3 is 5.97 Å². The van der Waals surface area contributed by atoms with E-state index in [2.05, 4.69) is 11.4 Å². The topological polar surface area (TPSA) is 47.6 Å². The van der Waals surface area contributed by atoms with Crippen molar-refractivity contribution in [1.82, 2.24) is 5.32 Å². The number of hydrogen-bond donors (Lipinski definition) is 1. The number of nitrogens with one attached hydrogen (secondary N) is 1. The van der Waals surface area contributed by atoms with Gasteiger partial charge in [-0.25, -0.2) is 4.79 Å². The normalized spacial score (nSPS) is 15.7. The summed E-state index contributed by atoms with van der Waals surface area (Å²) < 4.78 is 10.7. The van der Waals surface area contributed by atoms with Crippen molar-refractivity contribution in [2.24, 2.45) is 0 Å². The van der Waals surface area contributed by atoms with Crippen LogP contribution in [-0.2, 0) is 22.4 Å². The van der Waals surface area contributed by atoms with E-state index < -0.39 is 0 Å². The third-order valence-electron chi connectivity index (χ3n) is 3.23. The molecule has 19 heavy (non-hydrogen) atoms. The lowest BCUT2D eigenvalue weighted by Crippen LogP contribution is -2.27. The predicted octanol–water partition coefficient (Wildman–Crippen LogP) is 1.91. The molecule has 4 nitrogen and oxygen atoms in total. The first kappa shape index (κ1) is 14.0. The van der Waals surface area contributed by atoms with Crippen LogP contribution in [0, 0.1) is 0 Å². The van der Waals surface area contributed by atoms with E-state index in [1.165, 1.54) is 5.56 Å². The van der Waals surface area contributed by atoms with Gasteiger partial charge in [0.25, 0.3) is 0 Å². The van der Waals surface area contributed by atoms with Gasteiger partial charge in [0.2, 0.25) is 0 Å². The maximum atomic E-state index is 12.2. The standard InChI is InChI=1S/C15H21NO3/c1-3-18-10-11(2)19-15(17)14-6-4-5-12-9-16-8-7-13(12)14/h4-6,11,16H,3,7-10H2,1-2H3. The van der Waals surface area contributed by atoms with Gasteiger partial charge in [0.05, 0.1) is 12.2 Å². The zero-order valence-corrected chi connectivity index (χ0v) is 11.6. The van der Waals surface area contributed by atoms with Gasteiger partial charge in [0, 0.05) is 13.2 Å². The van der Waals surface area contributed by atoms with Crippen molar-refractivity contribution >= 4 is 5.97 Å². The molecule has 0 radical (unpaired) electrons. The molecule has 1 heterocycles. The predicted molar refractivity (Wildman–Crippen MR) is 73.2 cm³/mol. The van der Waals surface area contributed by atoms with E-state index in [1.807, 2.05) is 26.0 Å². The summed E-state index contributed by atoms with van der Waals surface area (Å²) >= 11 is 0. The fourth-order valence-electron chi connectivity index (χ4n) is 2.29. The molecule has 0 spiro atoms. The SMILES string of the molecule is CCOCC(C)OC(=O)c1cccc2c1CCNC2. The maximum absolute atomic E-state index is 12.2. The molecule has 1 aromatic rings. The van der Waals surface area contributed by atoms with Gasteiger partial charge in [-0.3, -0.25) is 0 Å². The molecule has 0 amide bonds. The number of esters is 1. The lowest BCUT2D eigenvalue weighted by molar-refractivity contribution is 0.00428. The summed E-state index contributed by atoms with van der Waals surface area (Å²) in [4.78, 5) is 12.2. The summed E-state index contributed by atoms with van der Waals surface area (Å²) in [7, 11) is 0. The Labute approximate surface area is 114 Å². The van der Waals surface area contributed by atoms with E-state index in [0.717, 1.165) is 25.1 Å². The van der Waals surface area contributed by atoms with Crippen LogP contribution in [0.5, 0.6) is 0 Å². The van der Waals surface area contributed by atoms with Crippen molar-refractivity contribution in [3.8, 4) is 0 Å². The van der Waals surface area contributed by atoms with Crippen molar-refractivity contribution in [3.05, 3.63) is 34.9 Å². The van der Waals surface area contributed by atoms with Gasteiger partial charge in [-0.15, -0.1) is 0 Å². The van der Waals surface area contributed by atoms with Crippen LogP contribution >= 0.6 is 0 Å². The number of rotatable bonds is 5. The van der Waals surface area contributed by atoms with Crippen LogP contribution in [0.2, 0.25) is 0 Å². The Balaban J connectivity index is 2.07. The van der Waals surface area contributed by atoms with Gasteiger partial charge in [0.1, 0.15) is 6.10 Å². The van der Waals surface area contributed by atoms with Gasteiger partial charge in [-0.2, -0.15) is 0 Å². The summed E-state index contributed by atoms with van der Waals surface area (Å²) in [6.45, 7) is 6.59. The lowest BCUT2D eigenvalue weighted by Gasteiger charge is -2.20. The molecule has 0 bridgehead atoms. The molecule has 104 valence electrons. The Kier molecular flexibility index (Phi) is 4.93. The second-order valence-electron chi connectivity index (χ2n) is 4.75. The molecule has 0 saturated heterocycles. The fraction of sp³-hybridized carbons (Fsp3) is 0.533. The lowest BCUT2D eigenvalue weighted by atomic mass is 9.95. The Hall–Kier alpha value is -1.39. The average Bonchev–Trinajstić information content (AvgIpc) is 2.44. The second-order valence-corrected chi connectivity index (χ2v) is 4.75. The molecule has 1 atom stereocenters. The molecule has 0 saturated carbocycles. The van der Waals surface area contributed by atoms with E-state index in [-0.39, 0.29) is 12.1 Å². The van der Waals surface area contributed by atoms with Crippen LogP contribution in [0.25, 0.3) is 0 Å². The molecule has 1 N–H and O–H groups in total. The van der Waals surface area contributed by atoms with Crippen LogP contribution in [0.1, 0.15) is 35.3 Å². The number of hydrogen-bond acceptors (Lipinski definition) is 4. The van der Waals surface area contributed by atoms with E-state index >= 15 is 0 Å². The van der Waals surface area contributed by atoms with Crippen LogP contribution in [-0.4, -0.2) is 31.8 Å². The third kappa shape index (κ3) is 3.55. The third-order valence-corrected chi connectivity index (χ3v) is 3.23. The number of carbonyl (C=O) groups excluding carboxylic acids is 1. The Morgan fingerprint density at radius 2 is 2.32 bits per heavy atom. The van der Waals surface area contributed by atoms with E-state index in [4.69, 9.17) is 9.47 Å². The summed E-state index contributed by atoms with van der Waals surface area (Å²) in [5, 5.41) is 3.30. The molecule has 0 fully saturated rings. The van der Waals surface area contributed by atoms with Gasteiger partial charge in [-0.1, -0.05) is 12.1 Å². The van der Waals surface area contributed by atoms with E-state index in [0.29, 0.717) is 18.8 Å². The minimum Gasteiger partial charge on any atom is -0.457 e. The highest BCUT2D eigenvalue weighted by Gasteiger charge is 2.19. The summed E-state index contributed by atoms with van der Waals surface area (Å²) in [6.07, 6.45) is 0.658. The van der Waals surface area contributed by atoms with Crippen molar-refractivity contribution in [1.29, 1.82) is 0 Å². The highest BCUT2D eigenvalue weighted by Crippen LogP contribution is 2.19. The smallest absolute Gasteiger partial charge is 0.338 e. The minimum atomic E-state index is -0.244. The maximum Gasteiger partial charge on any atom is 0.338 e. The van der Waals surface area contributed by atoms with Crippen LogP contribution < -0.4 is 5.32 Å². The van der Waals surface area contributed by atoms with Crippen molar-refractivity contribution < 1.29 is 14.3 Å². The van der Waals surface area contributed by atoms with Crippen LogP contribution in [0.3, 0.4) is 0 Å². The van der Waals surface area contributed by atoms with Crippen LogP contribution in [0.4, 0.5) is 0 Å². The molecule has 0 aromatic heterocycles. The van der Waals surface area contributed by atoms with Gasteiger partial charge in [-0.05, 0) is 44.0 Å². The first-order valence-electron chi connectivity index (χ1n) is 6.82. The first-order valence-corrected chi connectivity index (χ1v) is 6.82. The molecule has 2 rings (SSSR count). The van der Waals surface area contributed by atoms with Crippen molar-refractivity contribution in [3.63, 3.8) is 0 Å². The summed E-state index contributed by atoms with van der Waals surface area (Å²) in [5.41, 5.74) is 3.01. The molecule has 1 unspecified atom stereocenters. The zero-order chi connectivity index (χ0) is 13.7. The molecule has 1 aliphatic rings. The average molecular weight is 263 g/mol. The quantitative estimate of drug-likeness (QED) is 0.824. The number of carbonyl (C=O) groups is 1. The fourth-order valence-corrected chi connectivity index (χ4v) is 2.29. The molecular formula is C15H21NO3. The van der Waals surface area contributed by atoms with Crippen molar-refractivity contribution in [2.75, 3.05) is 19.8 Å². The number of ether oxygens (including phenoxy) is 2. The Morgan fingerprint density at radius 1 is 1.47 bits per heavy atom. The molecule has 0 aliphatic carbocycles. The highest BCUT2D eigenvalue weighted by atomic mass is 16.6. The van der Waals surface area contributed by atoms with Gasteiger partial charge < -0.3 is 14.8 Å². The number of fused-ring (bicyclic) bond motifs is 1. The Morgan fingerprint density at radius 3 is 3.11 bits per heavy atom. The highest BCUT2D eigenvalue weighted by molar-refractivity contribution is 5.91. The van der Waals surface area contributed by atoms with E-state index in [1.54, 1.807) is 0 Å². The minimum absolute atomic E-state index is 0.218. The largest absolute Gasteiger partial charge is 0.457 e. The number of benzene rings is 1. The van der Waals surface area contributed by atoms with Crippen molar-refractivity contribution in [2.45, 2.75) is 32.9 Å². The summed E-state index contributed by atoms with van der Waals surface area (Å²) in [6, 6.07) is 5.82. The van der Waals surface area contributed by atoms with E-state index in [9.17, 15) is 4.79 Å². The summed E-state index contributed by atoms with van der Waals surface area (Å²) in [5.74, 6) is -0.244. The molecular weight excluding hydrogens is 242 g/mol. The first-order chi connectivity index (χ1) is 9.22. The second kappa shape index (κ2) is 6.68. The van der Waals surface area contributed by atoms with Gasteiger partial charge in [0.15, 0.2) is 0 Å². The zero-order valence-electron chi connectivity index (χ0n) is 11.6.